The Morgan fingerprint density at radius 3 is 1.60 bits per heavy atom. The molecule has 0 aliphatic heterocycles. The number of amides is 1. The van der Waals surface area contributed by atoms with Gasteiger partial charge in [0.25, 0.3) is 0 Å². The topological polar surface area (TPSA) is 97.2 Å². The van der Waals surface area contributed by atoms with Crippen LogP contribution in [0.4, 0.5) is 5.69 Å². The van der Waals surface area contributed by atoms with Gasteiger partial charge in [0.1, 0.15) is 11.5 Å². The first kappa shape index (κ1) is 35.6. The monoisotopic (exact) mass is 636 g/mol. The average molecular weight is 637 g/mol. The van der Waals surface area contributed by atoms with E-state index in [1.165, 1.54) is 83.5 Å². The predicted octanol–water partition coefficient (Wildman–Crippen LogP) is 10.8. The number of methoxy groups -OCH3 is 1. The molecule has 1 heterocycles. The van der Waals surface area contributed by atoms with Crippen molar-refractivity contribution in [2.24, 2.45) is 0 Å². The summed E-state index contributed by atoms with van der Waals surface area (Å²) in [6, 6.07) is 22.0. The van der Waals surface area contributed by atoms with Crippen molar-refractivity contribution in [2.45, 2.75) is 110 Å². The van der Waals surface area contributed by atoms with Gasteiger partial charge in [-0.25, -0.2) is 15.0 Å². The summed E-state index contributed by atoms with van der Waals surface area (Å²) in [5.41, 5.74) is 2.84. The maximum Gasteiger partial charge on any atom is 0.224 e. The fourth-order valence-corrected chi connectivity index (χ4v) is 5.74. The van der Waals surface area contributed by atoms with E-state index in [0.717, 1.165) is 35.4 Å². The van der Waals surface area contributed by atoms with Crippen LogP contribution in [0.15, 0.2) is 72.8 Å². The zero-order valence-corrected chi connectivity index (χ0v) is 28.3. The second-order valence-electron chi connectivity index (χ2n) is 12.4. The minimum absolute atomic E-state index is 0.0382. The number of hydrogen-bond acceptors (Lipinski definition) is 6. The Kier molecular flexibility index (Phi) is 15.2. The molecule has 4 aromatic rings. The molecule has 250 valence electrons. The van der Waals surface area contributed by atoms with Crippen LogP contribution in [0.1, 0.15) is 110 Å². The van der Waals surface area contributed by atoms with E-state index in [9.17, 15) is 9.90 Å². The first-order valence-corrected chi connectivity index (χ1v) is 17.7. The van der Waals surface area contributed by atoms with Crippen LogP contribution >= 0.6 is 0 Å². The smallest absolute Gasteiger partial charge is 0.224 e. The van der Waals surface area contributed by atoms with Crippen molar-refractivity contribution in [1.82, 2.24) is 15.0 Å². The van der Waals surface area contributed by atoms with Crippen LogP contribution in [0.25, 0.3) is 34.2 Å². The lowest BCUT2D eigenvalue weighted by molar-refractivity contribution is -0.116. The first-order valence-electron chi connectivity index (χ1n) is 17.7. The molecule has 3 aromatic carbocycles. The third-order valence-corrected chi connectivity index (χ3v) is 8.56. The number of rotatable bonds is 21. The van der Waals surface area contributed by atoms with Gasteiger partial charge in [0.15, 0.2) is 17.5 Å². The van der Waals surface area contributed by atoms with E-state index in [-0.39, 0.29) is 11.7 Å². The summed E-state index contributed by atoms with van der Waals surface area (Å²) in [5.74, 6) is 2.20. The highest BCUT2D eigenvalue weighted by Crippen LogP contribution is 2.30. The van der Waals surface area contributed by atoms with Crippen LogP contribution in [0, 0.1) is 0 Å². The molecule has 0 bridgehead atoms. The molecule has 0 unspecified atom stereocenters. The molecule has 7 nitrogen and oxygen atoms in total. The third kappa shape index (κ3) is 12.1. The van der Waals surface area contributed by atoms with Gasteiger partial charge in [-0.1, -0.05) is 109 Å². The number of unbranched alkanes of at least 4 members (excludes halogenated alkanes) is 14. The Balaban J connectivity index is 1.22. The number of phenolic OH excluding ortho intramolecular Hbond substituents is 1. The van der Waals surface area contributed by atoms with Crippen LogP contribution < -0.4 is 10.1 Å². The molecule has 1 aromatic heterocycles. The van der Waals surface area contributed by atoms with Gasteiger partial charge in [0, 0.05) is 23.2 Å². The van der Waals surface area contributed by atoms with Crippen molar-refractivity contribution >= 4 is 11.6 Å². The molecular weight excluding hydrogens is 584 g/mol. The van der Waals surface area contributed by atoms with Gasteiger partial charge >= 0.3 is 0 Å². The maximum absolute atomic E-state index is 12.6. The van der Waals surface area contributed by atoms with Crippen molar-refractivity contribution in [3.8, 4) is 45.7 Å². The van der Waals surface area contributed by atoms with Crippen LogP contribution in [0.2, 0.25) is 0 Å². The van der Waals surface area contributed by atoms with Gasteiger partial charge in [-0.3, -0.25) is 4.79 Å². The van der Waals surface area contributed by atoms with E-state index < -0.39 is 0 Å². The highest BCUT2D eigenvalue weighted by Gasteiger charge is 2.15. The number of nitrogens with one attached hydrogen (secondary N) is 1. The number of ether oxygens (including phenoxy) is 1. The number of aromatic hydroxyl groups is 1. The third-order valence-electron chi connectivity index (χ3n) is 8.56. The van der Waals surface area contributed by atoms with E-state index >= 15 is 0 Å². The molecule has 0 fully saturated rings. The molecule has 0 saturated heterocycles. The number of hydrogen-bond donors (Lipinski definition) is 2. The van der Waals surface area contributed by atoms with Gasteiger partial charge < -0.3 is 15.2 Å². The molecule has 47 heavy (non-hydrogen) atoms. The lowest BCUT2D eigenvalue weighted by Crippen LogP contribution is -2.11. The number of carbonyl (C=O) groups excluding carboxylic acids is 1. The normalized spacial score (nSPS) is 11.0. The Bertz CT molecular complexity index is 1490. The summed E-state index contributed by atoms with van der Waals surface area (Å²) in [4.78, 5) is 26.7. The second-order valence-corrected chi connectivity index (χ2v) is 12.4. The van der Waals surface area contributed by atoms with Crippen LogP contribution in [-0.2, 0) is 4.79 Å². The molecule has 0 aliphatic carbocycles. The van der Waals surface area contributed by atoms with Crippen LogP contribution in [-0.4, -0.2) is 33.1 Å². The first-order chi connectivity index (χ1) is 23.1. The lowest BCUT2D eigenvalue weighted by atomic mass is 10.0. The second kappa shape index (κ2) is 20.1. The zero-order chi connectivity index (χ0) is 33.1. The van der Waals surface area contributed by atoms with Crippen molar-refractivity contribution in [3.63, 3.8) is 0 Å². The van der Waals surface area contributed by atoms with Gasteiger partial charge in [-0.15, -0.1) is 0 Å². The van der Waals surface area contributed by atoms with Crippen molar-refractivity contribution in [3.05, 3.63) is 72.8 Å². The fourth-order valence-electron chi connectivity index (χ4n) is 5.74. The standard InChI is InChI=1S/C40H52N4O3/c1-3-4-5-6-7-8-9-10-11-12-13-14-15-16-17-22-37(46)41-33-27-23-31(24-28-33)38-42-39(32-25-29-34(47-2)30-26-32)44-40(43-38)35-20-18-19-21-36(35)45/h18-21,23-30,45H,3-17,22H2,1-2H3,(H,41,46). The molecule has 1 amide bonds. The Morgan fingerprint density at radius 2 is 1.09 bits per heavy atom. The average Bonchev–Trinajstić information content (AvgIpc) is 3.10. The van der Waals surface area contributed by atoms with Gasteiger partial charge in [-0.2, -0.15) is 0 Å². The van der Waals surface area contributed by atoms with Crippen molar-refractivity contribution in [2.75, 3.05) is 12.4 Å². The molecule has 0 radical (unpaired) electrons. The minimum Gasteiger partial charge on any atom is -0.507 e. The largest absolute Gasteiger partial charge is 0.507 e. The zero-order valence-electron chi connectivity index (χ0n) is 28.3. The lowest BCUT2D eigenvalue weighted by Gasteiger charge is -2.10. The number of carbonyl (C=O) groups is 1. The Labute approximate surface area is 281 Å². The Morgan fingerprint density at radius 1 is 0.617 bits per heavy atom. The number of anilines is 1. The number of benzene rings is 3. The van der Waals surface area contributed by atoms with E-state index in [1.807, 2.05) is 54.6 Å². The highest BCUT2D eigenvalue weighted by molar-refractivity contribution is 5.90. The molecular formula is C40H52N4O3. The number of nitrogens with zero attached hydrogens (tertiary/aromatic N) is 3. The SMILES string of the molecule is CCCCCCCCCCCCCCCCCC(=O)Nc1ccc(-c2nc(-c3ccc(OC)cc3)nc(-c3ccccc3O)n2)cc1. The summed E-state index contributed by atoms with van der Waals surface area (Å²) >= 11 is 0. The van der Waals surface area contributed by atoms with Crippen molar-refractivity contribution in [1.29, 1.82) is 0 Å². The number of phenols is 1. The molecule has 0 saturated carbocycles. The maximum atomic E-state index is 12.6. The molecule has 0 aliphatic rings. The Hall–Kier alpha value is -4.26. The van der Waals surface area contributed by atoms with E-state index in [0.29, 0.717) is 29.5 Å². The van der Waals surface area contributed by atoms with Crippen molar-refractivity contribution < 1.29 is 14.6 Å². The van der Waals surface area contributed by atoms with Crippen LogP contribution in [0.5, 0.6) is 11.5 Å². The molecule has 0 spiro atoms. The quantitative estimate of drug-likeness (QED) is 0.0883. The van der Waals surface area contributed by atoms with Gasteiger partial charge in [0.2, 0.25) is 5.91 Å². The molecule has 0 atom stereocenters. The van der Waals surface area contributed by atoms with Crippen LogP contribution in [0.3, 0.4) is 0 Å². The number of para-hydroxylation sites is 1. The predicted molar refractivity (Wildman–Crippen MR) is 193 cm³/mol. The van der Waals surface area contributed by atoms with E-state index in [2.05, 4.69) is 17.2 Å². The summed E-state index contributed by atoms with van der Waals surface area (Å²) in [5, 5.41) is 13.5. The summed E-state index contributed by atoms with van der Waals surface area (Å²) in [7, 11) is 1.62. The van der Waals surface area contributed by atoms with Gasteiger partial charge in [-0.05, 0) is 67.1 Å². The highest BCUT2D eigenvalue weighted by atomic mass is 16.5. The molecule has 7 heteroatoms. The fraction of sp³-hybridized carbons (Fsp3) is 0.450. The summed E-state index contributed by atoms with van der Waals surface area (Å²) < 4.78 is 5.30. The molecule has 4 rings (SSSR count). The minimum atomic E-state index is 0.0382. The number of aromatic nitrogens is 3. The molecule has 2 N–H and O–H groups in total. The van der Waals surface area contributed by atoms with Gasteiger partial charge in [0.05, 0.1) is 12.7 Å². The van der Waals surface area contributed by atoms with E-state index in [4.69, 9.17) is 14.7 Å². The summed E-state index contributed by atoms with van der Waals surface area (Å²) in [6.45, 7) is 2.27. The summed E-state index contributed by atoms with van der Waals surface area (Å²) in [6.07, 6.45) is 20.2. The van der Waals surface area contributed by atoms with E-state index in [1.54, 1.807) is 25.3 Å².